The van der Waals surface area contributed by atoms with Crippen LogP contribution in [0.3, 0.4) is 0 Å². The molecule has 0 aliphatic rings. The van der Waals surface area contributed by atoms with Crippen molar-refractivity contribution in [1.29, 1.82) is 0 Å². The highest BCUT2D eigenvalue weighted by Gasteiger charge is 2.09. The quantitative estimate of drug-likeness (QED) is 0.581. The van der Waals surface area contributed by atoms with E-state index in [1.807, 2.05) is 0 Å². The minimum absolute atomic E-state index is 0. The van der Waals surface area contributed by atoms with Crippen LogP contribution in [-0.2, 0) is 0 Å². The highest BCUT2D eigenvalue weighted by atomic mass is 35.5. The maximum atomic E-state index is 12.3. The Morgan fingerprint density at radius 1 is 1.12 bits per heavy atom. The Bertz CT molecular complexity index is 660. The summed E-state index contributed by atoms with van der Waals surface area (Å²) in [5.41, 5.74) is 7.42. The first-order chi connectivity index (χ1) is 11.1. The predicted molar refractivity (Wildman–Crippen MR) is 99.5 cm³/mol. The molecule has 0 heterocycles. The van der Waals surface area contributed by atoms with E-state index in [0.29, 0.717) is 29.3 Å². The molecule has 2 aromatic carbocycles. The van der Waals surface area contributed by atoms with Crippen LogP contribution in [0, 0.1) is 0 Å². The number of benzene rings is 2. The minimum atomic E-state index is -0.231. The fraction of sp³-hybridized carbons (Fsp3) is 0.278. The molecule has 5 nitrogen and oxygen atoms in total. The number of nitrogens with two attached hydrogens (primary N) is 1. The molecule has 0 aliphatic heterocycles. The summed E-state index contributed by atoms with van der Waals surface area (Å²) in [6.07, 6.45) is 2.10. The lowest BCUT2D eigenvalue weighted by Gasteiger charge is -2.10. The fourth-order valence-electron chi connectivity index (χ4n) is 2.00. The van der Waals surface area contributed by atoms with Crippen molar-refractivity contribution in [2.45, 2.75) is 19.8 Å². The smallest absolute Gasteiger partial charge is 0.255 e. The maximum absolute atomic E-state index is 12.3. The maximum Gasteiger partial charge on any atom is 0.255 e. The van der Waals surface area contributed by atoms with Crippen LogP contribution in [-0.4, -0.2) is 19.6 Å². The number of methoxy groups -OCH3 is 1. The van der Waals surface area contributed by atoms with E-state index in [9.17, 15) is 4.79 Å². The number of hydrogen-bond acceptors (Lipinski definition) is 4. The monoisotopic (exact) mass is 350 g/mol. The van der Waals surface area contributed by atoms with Gasteiger partial charge in [0, 0.05) is 11.6 Å². The summed E-state index contributed by atoms with van der Waals surface area (Å²) in [5.74, 6) is 1.16. The van der Waals surface area contributed by atoms with E-state index in [0.717, 1.165) is 18.6 Å². The Morgan fingerprint density at radius 2 is 1.79 bits per heavy atom. The summed E-state index contributed by atoms with van der Waals surface area (Å²) in [6, 6.07) is 12.2. The zero-order valence-corrected chi connectivity index (χ0v) is 14.7. The van der Waals surface area contributed by atoms with Crippen LogP contribution in [0.5, 0.6) is 11.5 Å². The van der Waals surface area contributed by atoms with Gasteiger partial charge in [-0.3, -0.25) is 4.79 Å². The lowest BCUT2D eigenvalue weighted by atomic mass is 10.2. The number of carbonyl (C=O) groups is 1. The van der Waals surface area contributed by atoms with Crippen molar-refractivity contribution < 1.29 is 14.3 Å². The van der Waals surface area contributed by atoms with Gasteiger partial charge in [-0.15, -0.1) is 12.4 Å². The van der Waals surface area contributed by atoms with Crippen molar-refractivity contribution in [2.75, 3.05) is 24.8 Å². The highest BCUT2D eigenvalue weighted by Crippen LogP contribution is 2.25. The van der Waals surface area contributed by atoms with Crippen molar-refractivity contribution in [3.05, 3.63) is 48.0 Å². The molecule has 0 aliphatic carbocycles. The normalized spacial score (nSPS) is 9.75. The average Bonchev–Trinajstić information content (AvgIpc) is 2.57. The third kappa shape index (κ3) is 5.35. The molecule has 6 heteroatoms. The molecule has 2 aromatic rings. The van der Waals surface area contributed by atoms with E-state index < -0.39 is 0 Å². The summed E-state index contributed by atoms with van der Waals surface area (Å²) in [5, 5.41) is 2.79. The molecule has 3 N–H and O–H groups in total. The van der Waals surface area contributed by atoms with Gasteiger partial charge in [0.05, 0.1) is 25.1 Å². The second-order valence-electron chi connectivity index (χ2n) is 5.13. The first-order valence-corrected chi connectivity index (χ1v) is 7.61. The minimum Gasteiger partial charge on any atom is -0.497 e. The lowest BCUT2D eigenvalue weighted by Crippen LogP contribution is -2.13. The van der Waals surface area contributed by atoms with Crippen LogP contribution < -0.4 is 20.5 Å². The molecule has 0 radical (unpaired) electrons. The second kappa shape index (κ2) is 9.67. The number of nitrogen functional groups attached to an aromatic ring is 1. The highest BCUT2D eigenvalue weighted by molar-refractivity contribution is 6.05. The summed E-state index contributed by atoms with van der Waals surface area (Å²) < 4.78 is 10.7. The van der Waals surface area contributed by atoms with Crippen molar-refractivity contribution in [3.63, 3.8) is 0 Å². The topological polar surface area (TPSA) is 73.6 Å². The van der Waals surface area contributed by atoms with Crippen molar-refractivity contribution in [2.24, 2.45) is 0 Å². The van der Waals surface area contributed by atoms with Gasteiger partial charge in [-0.1, -0.05) is 13.3 Å². The Kier molecular flexibility index (Phi) is 7.92. The number of anilines is 2. The van der Waals surface area contributed by atoms with Crippen molar-refractivity contribution in [3.8, 4) is 11.5 Å². The van der Waals surface area contributed by atoms with E-state index in [1.165, 1.54) is 0 Å². The lowest BCUT2D eigenvalue weighted by molar-refractivity contribution is 0.102. The summed E-state index contributed by atoms with van der Waals surface area (Å²) in [6.45, 7) is 2.80. The molecular weight excluding hydrogens is 328 g/mol. The van der Waals surface area contributed by atoms with Gasteiger partial charge in [0.15, 0.2) is 0 Å². The fourth-order valence-corrected chi connectivity index (χ4v) is 2.00. The van der Waals surface area contributed by atoms with Gasteiger partial charge in [0.1, 0.15) is 11.5 Å². The molecule has 0 unspecified atom stereocenters. The van der Waals surface area contributed by atoms with Crippen molar-refractivity contribution in [1.82, 2.24) is 0 Å². The zero-order valence-electron chi connectivity index (χ0n) is 13.9. The number of ether oxygens (including phenoxy) is 2. The van der Waals surface area contributed by atoms with E-state index in [-0.39, 0.29) is 18.3 Å². The van der Waals surface area contributed by atoms with Crippen LogP contribution in [0.2, 0.25) is 0 Å². The number of unbranched alkanes of at least 4 members (excludes halogenated alkanes) is 1. The van der Waals surface area contributed by atoms with E-state index in [2.05, 4.69) is 12.2 Å². The third-order valence-corrected chi connectivity index (χ3v) is 3.39. The largest absolute Gasteiger partial charge is 0.497 e. The van der Waals surface area contributed by atoms with E-state index in [1.54, 1.807) is 49.6 Å². The van der Waals surface area contributed by atoms with Crippen LogP contribution in [0.25, 0.3) is 0 Å². The van der Waals surface area contributed by atoms with Gasteiger partial charge >= 0.3 is 0 Å². The molecule has 130 valence electrons. The van der Waals surface area contributed by atoms with Crippen LogP contribution in [0.15, 0.2) is 42.5 Å². The Labute approximate surface area is 148 Å². The van der Waals surface area contributed by atoms with Gasteiger partial charge in [0.25, 0.3) is 5.91 Å². The van der Waals surface area contributed by atoms with E-state index in [4.69, 9.17) is 15.2 Å². The van der Waals surface area contributed by atoms with Gasteiger partial charge in [-0.2, -0.15) is 0 Å². The van der Waals surface area contributed by atoms with Crippen LogP contribution in [0.1, 0.15) is 30.1 Å². The van der Waals surface area contributed by atoms with Gasteiger partial charge < -0.3 is 20.5 Å². The number of nitrogens with one attached hydrogen (secondary N) is 1. The number of carbonyl (C=O) groups excluding carboxylic acids is 1. The second-order valence-corrected chi connectivity index (χ2v) is 5.13. The SMILES string of the molecule is CCCCOc1ccc(C(=O)Nc2cc(OC)ccc2N)cc1.Cl. The third-order valence-electron chi connectivity index (χ3n) is 3.39. The molecule has 0 bridgehead atoms. The van der Waals surface area contributed by atoms with Gasteiger partial charge in [-0.05, 0) is 42.8 Å². The Balaban J connectivity index is 0.00000288. The molecule has 1 amide bonds. The average molecular weight is 351 g/mol. The molecule has 2 rings (SSSR count). The molecule has 0 saturated carbocycles. The zero-order chi connectivity index (χ0) is 16.7. The van der Waals surface area contributed by atoms with Crippen LogP contribution in [0.4, 0.5) is 11.4 Å². The molecule has 0 spiro atoms. The standard InChI is InChI=1S/C18H22N2O3.ClH/c1-3-4-11-23-14-7-5-13(6-8-14)18(21)20-17-12-15(22-2)9-10-16(17)19;/h5-10,12H,3-4,11,19H2,1-2H3,(H,20,21);1H. The number of amides is 1. The number of halogens is 1. The molecule has 0 atom stereocenters. The molecule has 0 aromatic heterocycles. The summed E-state index contributed by atoms with van der Waals surface area (Å²) >= 11 is 0. The molecular formula is C18H23ClN2O3. The van der Waals surface area contributed by atoms with Gasteiger partial charge in [0.2, 0.25) is 0 Å². The molecule has 24 heavy (non-hydrogen) atoms. The Hall–Kier alpha value is -2.40. The summed E-state index contributed by atoms with van der Waals surface area (Å²) in [7, 11) is 1.56. The van der Waals surface area contributed by atoms with Crippen molar-refractivity contribution >= 4 is 29.7 Å². The first-order valence-electron chi connectivity index (χ1n) is 7.61. The molecule has 0 fully saturated rings. The summed E-state index contributed by atoms with van der Waals surface area (Å²) in [4.78, 5) is 12.3. The Morgan fingerprint density at radius 3 is 2.42 bits per heavy atom. The van der Waals surface area contributed by atoms with E-state index >= 15 is 0 Å². The molecule has 0 saturated heterocycles. The first kappa shape index (κ1) is 19.6. The number of hydrogen-bond donors (Lipinski definition) is 2. The predicted octanol–water partition coefficient (Wildman–Crippen LogP) is 4.13. The van der Waals surface area contributed by atoms with Crippen LogP contribution >= 0.6 is 12.4 Å². The number of rotatable bonds is 7. The van der Waals surface area contributed by atoms with Gasteiger partial charge in [-0.25, -0.2) is 0 Å².